The Hall–Kier alpha value is -1.78. The number of anilines is 4. The summed E-state index contributed by atoms with van der Waals surface area (Å²) in [5, 5.41) is 0. The second-order valence-corrected chi connectivity index (χ2v) is 7.65. The molecule has 0 saturated heterocycles. The van der Waals surface area contributed by atoms with Crippen LogP contribution in [0.5, 0.6) is 0 Å². The first-order valence-electron chi connectivity index (χ1n) is 8.21. The van der Waals surface area contributed by atoms with Gasteiger partial charge >= 0.3 is 0 Å². The Balaban J connectivity index is 2.04. The lowest BCUT2D eigenvalue weighted by Crippen LogP contribution is -2.16. The van der Waals surface area contributed by atoms with E-state index in [1.54, 1.807) is 0 Å². The first kappa shape index (κ1) is 18.0. The van der Waals surface area contributed by atoms with Gasteiger partial charge in [0.1, 0.15) is 0 Å². The topological polar surface area (TPSA) is 6.48 Å². The smallest absolute Gasteiger partial charge is 0.0463 e. The molecule has 3 aromatic rings. The molecule has 0 atom stereocenters. The number of rotatable bonds is 5. The van der Waals surface area contributed by atoms with Crippen molar-refractivity contribution >= 4 is 54.6 Å². The molecule has 0 bridgehead atoms. The van der Waals surface area contributed by atoms with Crippen LogP contribution in [0, 0.1) is 0 Å². The summed E-state index contributed by atoms with van der Waals surface area (Å²) in [6, 6.07) is 25.5. The van der Waals surface area contributed by atoms with Crippen LogP contribution in [0.1, 0.15) is 6.92 Å². The van der Waals surface area contributed by atoms with Gasteiger partial charge in [0.25, 0.3) is 0 Å². The summed E-state index contributed by atoms with van der Waals surface area (Å²) in [7, 11) is 2.11. The second kappa shape index (κ2) is 8.07. The van der Waals surface area contributed by atoms with Crippen molar-refractivity contribution in [2.24, 2.45) is 0 Å². The fourth-order valence-corrected chi connectivity index (χ4v) is 3.19. The van der Waals surface area contributed by atoms with E-state index in [0.29, 0.717) is 0 Å². The maximum Gasteiger partial charge on any atom is 0.0463 e. The minimum atomic E-state index is 0.989. The van der Waals surface area contributed by atoms with Crippen LogP contribution in [-0.2, 0) is 0 Å². The molecule has 4 heteroatoms. The zero-order chi connectivity index (χ0) is 17.8. The van der Waals surface area contributed by atoms with E-state index in [4.69, 9.17) is 0 Å². The molecule has 3 rings (SSSR count). The highest BCUT2D eigenvalue weighted by molar-refractivity contribution is 9.10. The zero-order valence-electron chi connectivity index (χ0n) is 14.3. The molecule has 3 aromatic carbocycles. The fourth-order valence-electron chi connectivity index (χ4n) is 2.67. The maximum absolute atomic E-state index is 3.52. The molecule has 0 fully saturated rings. The maximum atomic E-state index is 3.52. The summed E-state index contributed by atoms with van der Waals surface area (Å²) in [5.41, 5.74) is 4.61. The summed E-state index contributed by atoms with van der Waals surface area (Å²) in [5.74, 6) is 0. The first-order chi connectivity index (χ1) is 12.1. The van der Waals surface area contributed by atoms with E-state index in [2.05, 4.69) is 128 Å². The number of benzene rings is 3. The monoisotopic (exact) mass is 458 g/mol. The molecule has 0 spiro atoms. The van der Waals surface area contributed by atoms with E-state index in [1.165, 1.54) is 5.69 Å². The van der Waals surface area contributed by atoms with E-state index in [0.717, 1.165) is 32.6 Å². The van der Waals surface area contributed by atoms with Crippen molar-refractivity contribution in [1.82, 2.24) is 0 Å². The third-order valence-corrected chi connectivity index (χ3v) is 5.25. The molecule has 128 valence electrons. The van der Waals surface area contributed by atoms with Crippen LogP contribution in [0.3, 0.4) is 0 Å². The van der Waals surface area contributed by atoms with Gasteiger partial charge in [-0.3, -0.25) is 0 Å². The summed E-state index contributed by atoms with van der Waals surface area (Å²) in [6.07, 6.45) is 0. The molecule has 0 saturated carbocycles. The lowest BCUT2D eigenvalue weighted by atomic mass is 10.2. The van der Waals surface area contributed by atoms with Gasteiger partial charge in [-0.05, 0) is 79.7 Å². The Labute approximate surface area is 166 Å². The summed E-state index contributed by atoms with van der Waals surface area (Å²) >= 11 is 7.04. The molecule has 0 aromatic heterocycles. The molecule has 0 aliphatic rings. The first-order valence-corrected chi connectivity index (χ1v) is 9.79. The minimum Gasteiger partial charge on any atom is -0.375 e. The predicted molar refractivity (Wildman–Crippen MR) is 115 cm³/mol. The highest BCUT2D eigenvalue weighted by Gasteiger charge is 2.12. The average molecular weight is 460 g/mol. The highest BCUT2D eigenvalue weighted by atomic mass is 79.9. The number of hydrogen-bond acceptors (Lipinski definition) is 2. The van der Waals surface area contributed by atoms with Crippen molar-refractivity contribution in [3.63, 3.8) is 0 Å². The summed E-state index contributed by atoms with van der Waals surface area (Å²) < 4.78 is 2.15. The van der Waals surface area contributed by atoms with E-state index < -0.39 is 0 Å². The van der Waals surface area contributed by atoms with E-state index >= 15 is 0 Å². The summed E-state index contributed by atoms with van der Waals surface area (Å²) in [6.45, 7) is 3.15. The van der Waals surface area contributed by atoms with Crippen molar-refractivity contribution in [2.75, 3.05) is 23.4 Å². The molecule has 2 nitrogen and oxygen atoms in total. The number of hydrogen-bond donors (Lipinski definition) is 0. The molecular weight excluding hydrogens is 440 g/mol. The Morgan fingerprint density at radius 3 is 1.28 bits per heavy atom. The molecule has 0 amide bonds. The van der Waals surface area contributed by atoms with Crippen molar-refractivity contribution in [3.8, 4) is 0 Å². The van der Waals surface area contributed by atoms with Crippen molar-refractivity contribution in [3.05, 3.63) is 81.7 Å². The molecule has 0 N–H and O–H groups in total. The van der Waals surface area contributed by atoms with Gasteiger partial charge in [-0.15, -0.1) is 0 Å². The van der Waals surface area contributed by atoms with Gasteiger partial charge in [-0.25, -0.2) is 0 Å². The van der Waals surface area contributed by atoms with Gasteiger partial charge in [0.15, 0.2) is 0 Å². The molecule has 0 aliphatic heterocycles. The second-order valence-electron chi connectivity index (χ2n) is 5.82. The Morgan fingerprint density at radius 1 is 0.600 bits per heavy atom. The summed E-state index contributed by atoms with van der Waals surface area (Å²) in [4.78, 5) is 4.49. The standard InChI is InChI=1S/C21H20Br2N2/c1-3-24(2)18-12-14-21(15-13-18)25(19-8-4-16(22)5-9-19)20-10-6-17(23)7-11-20/h4-15H,3H2,1-2H3. The van der Waals surface area contributed by atoms with Crippen LogP contribution in [0.4, 0.5) is 22.7 Å². The lowest BCUT2D eigenvalue weighted by Gasteiger charge is -2.26. The van der Waals surface area contributed by atoms with Gasteiger partial charge in [-0.2, -0.15) is 0 Å². The molecule has 0 heterocycles. The Morgan fingerprint density at radius 2 is 0.920 bits per heavy atom. The zero-order valence-corrected chi connectivity index (χ0v) is 17.5. The molecular formula is C21H20Br2N2. The average Bonchev–Trinajstić information content (AvgIpc) is 2.65. The van der Waals surface area contributed by atoms with E-state index in [9.17, 15) is 0 Å². The number of halogens is 2. The van der Waals surface area contributed by atoms with Crippen LogP contribution in [0.25, 0.3) is 0 Å². The normalized spacial score (nSPS) is 10.6. The SMILES string of the molecule is CCN(C)c1ccc(N(c2ccc(Br)cc2)c2ccc(Br)cc2)cc1. The third-order valence-electron chi connectivity index (χ3n) is 4.19. The largest absolute Gasteiger partial charge is 0.375 e. The molecule has 0 unspecified atom stereocenters. The van der Waals surface area contributed by atoms with Gasteiger partial charge in [0.05, 0.1) is 0 Å². The van der Waals surface area contributed by atoms with Crippen molar-refractivity contribution in [2.45, 2.75) is 6.92 Å². The highest BCUT2D eigenvalue weighted by Crippen LogP contribution is 2.36. The van der Waals surface area contributed by atoms with E-state index in [1.807, 2.05) is 0 Å². The van der Waals surface area contributed by atoms with Crippen molar-refractivity contribution in [1.29, 1.82) is 0 Å². The Bertz CT molecular complexity index is 767. The third kappa shape index (κ3) is 4.25. The quantitative estimate of drug-likeness (QED) is 0.400. The van der Waals surface area contributed by atoms with Crippen molar-refractivity contribution < 1.29 is 0 Å². The van der Waals surface area contributed by atoms with Crippen LogP contribution in [0.15, 0.2) is 81.7 Å². The minimum absolute atomic E-state index is 0.989. The van der Waals surface area contributed by atoms with Gasteiger partial charge in [-0.1, -0.05) is 31.9 Å². The fraction of sp³-hybridized carbons (Fsp3) is 0.143. The predicted octanol–water partition coefficient (Wildman–Crippen LogP) is 7.14. The molecule has 25 heavy (non-hydrogen) atoms. The van der Waals surface area contributed by atoms with Gasteiger partial charge in [0, 0.05) is 45.3 Å². The Kier molecular flexibility index (Phi) is 5.82. The van der Waals surface area contributed by atoms with Gasteiger partial charge in [0.2, 0.25) is 0 Å². The van der Waals surface area contributed by atoms with Crippen LogP contribution < -0.4 is 9.80 Å². The lowest BCUT2D eigenvalue weighted by molar-refractivity contribution is 0.968. The van der Waals surface area contributed by atoms with Crippen LogP contribution >= 0.6 is 31.9 Å². The van der Waals surface area contributed by atoms with Crippen LogP contribution in [-0.4, -0.2) is 13.6 Å². The van der Waals surface area contributed by atoms with E-state index in [-0.39, 0.29) is 0 Å². The molecule has 0 radical (unpaired) electrons. The molecule has 0 aliphatic carbocycles. The van der Waals surface area contributed by atoms with Crippen LogP contribution in [0.2, 0.25) is 0 Å². The van der Waals surface area contributed by atoms with Gasteiger partial charge < -0.3 is 9.80 Å². The number of nitrogens with zero attached hydrogens (tertiary/aromatic N) is 2.